The van der Waals surface area contributed by atoms with Gasteiger partial charge in [0, 0.05) is 0 Å². The largest absolute Gasteiger partial charge is 0.484 e. The Morgan fingerprint density at radius 2 is 1.63 bits per heavy atom. The lowest BCUT2D eigenvalue weighted by atomic mass is 9.54. The molecule has 2 aromatic rings. The number of hydrogen-bond donors (Lipinski definition) is 1. The van der Waals surface area contributed by atoms with Crippen LogP contribution in [0.1, 0.15) is 52.4 Å². The van der Waals surface area contributed by atoms with Crippen molar-refractivity contribution in [1.82, 2.24) is 5.32 Å². The first-order chi connectivity index (χ1) is 14.4. The Morgan fingerprint density at radius 3 is 2.30 bits per heavy atom. The molecule has 4 heteroatoms. The predicted octanol–water partition coefficient (Wildman–Crippen LogP) is 5.10. The Labute approximate surface area is 179 Å². The molecule has 160 valence electrons. The maximum atomic E-state index is 12.5. The monoisotopic (exact) mass is 407 g/mol. The molecular weight excluding hydrogens is 374 g/mol. The molecule has 0 unspecified atom stereocenters. The zero-order valence-corrected chi connectivity index (χ0v) is 18.2. The standard InChI is InChI=1S/C26H33NO3/c1-25(2,17-30-26-13-18-9-19(14-26)11-20(10-18)15-26)27-24(28)16-29-23-8-7-21-5-3-4-6-22(21)12-23/h3-8,12,18-20H,9-11,13-17H2,1-2H3,(H,27,28). The van der Waals surface area contributed by atoms with Crippen LogP contribution < -0.4 is 10.1 Å². The number of amides is 1. The van der Waals surface area contributed by atoms with E-state index in [4.69, 9.17) is 9.47 Å². The van der Waals surface area contributed by atoms with Gasteiger partial charge in [0.25, 0.3) is 5.91 Å². The van der Waals surface area contributed by atoms with E-state index in [1.165, 1.54) is 38.5 Å². The minimum Gasteiger partial charge on any atom is -0.484 e. The van der Waals surface area contributed by atoms with Crippen molar-refractivity contribution in [3.05, 3.63) is 42.5 Å². The molecule has 30 heavy (non-hydrogen) atoms. The maximum Gasteiger partial charge on any atom is 0.258 e. The van der Waals surface area contributed by atoms with Crippen molar-refractivity contribution in [3.63, 3.8) is 0 Å². The van der Waals surface area contributed by atoms with Gasteiger partial charge in [-0.3, -0.25) is 4.79 Å². The lowest BCUT2D eigenvalue weighted by Gasteiger charge is -2.56. The van der Waals surface area contributed by atoms with E-state index in [1.54, 1.807) is 0 Å². The van der Waals surface area contributed by atoms with Crippen LogP contribution in [0.15, 0.2) is 42.5 Å². The van der Waals surface area contributed by atoms with Gasteiger partial charge in [-0.05, 0) is 93.0 Å². The molecule has 1 amide bonds. The second-order valence-corrected chi connectivity index (χ2v) is 10.6. The van der Waals surface area contributed by atoms with Crippen LogP contribution in [-0.2, 0) is 9.53 Å². The van der Waals surface area contributed by atoms with Gasteiger partial charge >= 0.3 is 0 Å². The van der Waals surface area contributed by atoms with Crippen LogP contribution >= 0.6 is 0 Å². The van der Waals surface area contributed by atoms with Gasteiger partial charge < -0.3 is 14.8 Å². The van der Waals surface area contributed by atoms with E-state index in [0.717, 1.165) is 28.5 Å². The summed E-state index contributed by atoms with van der Waals surface area (Å²) in [5.41, 5.74) is -0.342. The summed E-state index contributed by atoms with van der Waals surface area (Å²) < 4.78 is 12.3. The van der Waals surface area contributed by atoms with Gasteiger partial charge in [-0.1, -0.05) is 30.3 Å². The Bertz CT molecular complexity index is 899. The van der Waals surface area contributed by atoms with E-state index in [1.807, 2.05) is 50.2 Å². The Kier molecular flexibility index (Phi) is 5.01. The van der Waals surface area contributed by atoms with Crippen LogP contribution in [-0.4, -0.2) is 30.3 Å². The van der Waals surface area contributed by atoms with E-state index < -0.39 is 5.54 Å². The summed E-state index contributed by atoms with van der Waals surface area (Å²) in [6, 6.07) is 14.0. The van der Waals surface area contributed by atoms with Crippen molar-refractivity contribution in [2.24, 2.45) is 17.8 Å². The highest BCUT2D eigenvalue weighted by molar-refractivity contribution is 5.84. The summed E-state index contributed by atoms with van der Waals surface area (Å²) in [5, 5.41) is 5.38. The molecule has 6 rings (SSSR count). The summed E-state index contributed by atoms with van der Waals surface area (Å²) >= 11 is 0. The summed E-state index contributed by atoms with van der Waals surface area (Å²) in [6.07, 6.45) is 7.88. The van der Waals surface area contributed by atoms with Gasteiger partial charge in [-0.25, -0.2) is 0 Å². The molecular formula is C26H33NO3. The Hall–Kier alpha value is -2.07. The molecule has 0 atom stereocenters. The highest BCUT2D eigenvalue weighted by Crippen LogP contribution is 2.57. The third kappa shape index (κ3) is 4.20. The van der Waals surface area contributed by atoms with Crippen LogP contribution in [0.25, 0.3) is 10.8 Å². The fraction of sp³-hybridized carbons (Fsp3) is 0.577. The molecule has 4 nitrogen and oxygen atoms in total. The van der Waals surface area contributed by atoms with Gasteiger partial charge in [0.15, 0.2) is 6.61 Å². The first-order valence-corrected chi connectivity index (χ1v) is 11.4. The number of rotatable bonds is 7. The molecule has 2 aromatic carbocycles. The van der Waals surface area contributed by atoms with Gasteiger partial charge in [-0.15, -0.1) is 0 Å². The van der Waals surface area contributed by atoms with Crippen LogP contribution in [0.3, 0.4) is 0 Å². The minimum absolute atomic E-state index is 0.0130. The van der Waals surface area contributed by atoms with Crippen molar-refractivity contribution in [3.8, 4) is 5.75 Å². The molecule has 4 saturated carbocycles. The quantitative estimate of drug-likeness (QED) is 0.695. The van der Waals surface area contributed by atoms with Gasteiger partial charge in [0.05, 0.1) is 17.7 Å². The van der Waals surface area contributed by atoms with Crippen LogP contribution in [0.4, 0.5) is 0 Å². The third-order valence-electron chi connectivity index (χ3n) is 7.29. The van der Waals surface area contributed by atoms with Crippen molar-refractivity contribution >= 4 is 16.7 Å². The first kappa shape index (κ1) is 19.9. The van der Waals surface area contributed by atoms with Crippen molar-refractivity contribution in [2.75, 3.05) is 13.2 Å². The van der Waals surface area contributed by atoms with Crippen LogP contribution in [0, 0.1) is 17.8 Å². The summed E-state index contributed by atoms with van der Waals surface area (Å²) in [4.78, 5) is 12.5. The number of ether oxygens (including phenoxy) is 2. The summed E-state index contributed by atoms with van der Waals surface area (Å²) in [7, 11) is 0. The van der Waals surface area contributed by atoms with Gasteiger partial charge in [0.1, 0.15) is 5.75 Å². The molecule has 0 spiro atoms. The number of hydrogen-bond acceptors (Lipinski definition) is 3. The number of fused-ring (bicyclic) bond motifs is 1. The van der Waals surface area contributed by atoms with Crippen LogP contribution in [0.2, 0.25) is 0 Å². The molecule has 0 radical (unpaired) electrons. The van der Waals surface area contributed by atoms with Crippen LogP contribution in [0.5, 0.6) is 5.75 Å². The highest BCUT2D eigenvalue weighted by Gasteiger charge is 2.52. The second kappa shape index (κ2) is 7.56. The topological polar surface area (TPSA) is 47.6 Å². The molecule has 4 fully saturated rings. The Balaban J connectivity index is 1.13. The van der Waals surface area contributed by atoms with Gasteiger partial charge in [0.2, 0.25) is 0 Å². The average Bonchev–Trinajstić information content (AvgIpc) is 2.70. The van der Waals surface area contributed by atoms with E-state index in [0.29, 0.717) is 12.4 Å². The molecule has 0 aromatic heterocycles. The molecule has 0 heterocycles. The fourth-order valence-electron chi connectivity index (χ4n) is 6.40. The average molecular weight is 408 g/mol. The number of carbonyl (C=O) groups excluding carboxylic acids is 1. The molecule has 4 bridgehead atoms. The van der Waals surface area contributed by atoms with E-state index in [-0.39, 0.29) is 18.1 Å². The number of benzene rings is 2. The smallest absolute Gasteiger partial charge is 0.258 e. The zero-order chi connectivity index (χ0) is 20.8. The fourth-order valence-corrected chi connectivity index (χ4v) is 6.40. The second-order valence-electron chi connectivity index (χ2n) is 10.6. The lowest BCUT2D eigenvalue weighted by Crippen LogP contribution is -2.55. The van der Waals surface area contributed by atoms with Crippen molar-refractivity contribution < 1.29 is 14.3 Å². The Morgan fingerprint density at radius 1 is 1.00 bits per heavy atom. The predicted molar refractivity (Wildman–Crippen MR) is 119 cm³/mol. The molecule has 0 aliphatic heterocycles. The van der Waals surface area contributed by atoms with E-state index >= 15 is 0 Å². The van der Waals surface area contributed by atoms with Crippen molar-refractivity contribution in [1.29, 1.82) is 0 Å². The SMILES string of the molecule is CC(C)(COC12CC3CC(CC(C3)C1)C2)NC(=O)COc1ccc2ccccc2c1. The third-order valence-corrected chi connectivity index (χ3v) is 7.29. The van der Waals surface area contributed by atoms with E-state index in [2.05, 4.69) is 11.4 Å². The first-order valence-electron chi connectivity index (χ1n) is 11.4. The molecule has 1 N–H and O–H groups in total. The lowest BCUT2D eigenvalue weighted by molar-refractivity contribution is -0.172. The number of carbonyl (C=O) groups is 1. The number of nitrogens with one attached hydrogen (secondary N) is 1. The maximum absolute atomic E-state index is 12.5. The minimum atomic E-state index is -0.410. The van der Waals surface area contributed by atoms with E-state index in [9.17, 15) is 4.79 Å². The normalized spacial score (nSPS) is 29.9. The zero-order valence-electron chi connectivity index (χ0n) is 18.2. The molecule has 4 aliphatic carbocycles. The summed E-state index contributed by atoms with van der Waals surface area (Å²) in [6.45, 7) is 4.66. The summed E-state index contributed by atoms with van der Waals surface area (Å²) in [5.74, 6) is 3.20. The van der Waals surface area contributed by atoms with Crippen molar-refractivity contribution in [2.45, 2.75) is 63.5 Å². The highest BCUT2D eigenvalue weighted by atomic mass is 16.5. The molecule has 4 aliphatic rings. The molecule has 0 saturated heterocycles. The van der Waals surface area contributed by atoms with Gasteiger partial charge in [-0.2, -0.15) is 0 Å².